The van der Waals surface area contributed by atoms with Crippen LogP contribution in [0.1, 0.15) is 40.2 Å². The number of aryl methyl sites for hydroxylation is 1. The highest BCUT2D eigenvalue weighted by Crippen LogP contribution is 2.31. The number of aliphatic imine (C=N–C) groups is 1. The number of benzene rings is 1. The zero-order chi connectivity index (χ0) is 15.8. The second-order valence-electron chi connectivity index (χ2n) is 7.22. The number of hydrogen-bond donors (Lipinski definition) is 0. The Hall–Kier alpha value is -1.16. The maximum Gasteiger partial charge on any atom is 0.202 e. The van der Waals surface area contributed by atoms with Crippen LogP contribution in [0.3, 0.4) is 0 Å². The molecule has 116 valence electrons. The molecule has 0 fully saturated rings. The summed E-state index contributed by atoms with van der Waals surface area (Å²) in [6.45, 7) is 12.9. The highest BCUT2D eigenvalue weighted by Gasteiger charge is 2.41. The third kappa shape index (κ3) is 3.37. The fraction of sp³-hybridized carbons (Fsp3) is 0.588. The van der Waals surface area contributed by atoms with E-state index in [9.17, 15) is 4.21 Å². The van der Waals surface area contributed by atoms with Crippen molar-refractivity contribution in [2.45, 2.75) is 57.2 Å². The van der Waals surface area contributed by atoms with Gasteiger partial charge in [0.05, 0.1) is 16.8 Å². The molecule has 4 heteroatoms. The smallest absolute Gasteiger partial charge is 0.202 e. The van der Waals surface area contributed by atoms with Crippen molar-refractivity contribution >= 4 is 16.7 Å². The molecule has 21 heavy (non-hydrogen) atoms. The van der Waals surface area contributed by atoms with E-state index in [0.717, 1.165) is 10.5 Å². The lowest BCUT2D eigenvalue weighted by atomic mass is 9.88. The third-order valence-corrected chi connectivity index (χ3v) is 5.67. The molecule has 2 atom stereocenters. The second kappa shape index (κ2) is 5.56. The van der Waals surface area contributed by atoms with E-state index in [2.05, 4.69) is 20.8 Å². The summed E-state index contributed by atoms with van der Waals surface area (Å²) in [5, 5.41) is 0. The predicted molar refractivity (Wildman–Crippen MR) is 88.3 cm³/mol. The third-order valence-electron chi connectivity index (χ3n) is 3.86. The lowest BCUT2D eigenvalue weighted by molar-refractivity contribution is 0.231. The molecule has 1 aliphatic heterocycles. The molecular formula is C17H25NO2S. The molecule has 1 aromatic rings. The number of ether oxygens (including phenoxy) is 1. The summed E-state index contributed by atoms with van der Waals surface area (Å²) < 4.78 is 18.0. The van der Waals surface area contributed by atoms with E-state index in [-0.39, 0.29) is 11.5 Å². The zero-order valence-electron chi connectivity index (χ0n) is 13.8. The topological polar surface area (TPSA) is 38.7 Å². The van der Waals surface area contributed by atoms with E-state index in [1.807, 2.05) is 45.0 Å². The lowest BCUT2D eigenvalue weighted by Crippen LogP contribution is -2.37. The van der Waals surface area contributed by atoms with Gasteiger partial charge >= 0.3 is 0 Å². The summed E-state index contributed by atoms with van der Waals surface area (Å²) in [6, 6.07) is 7.94. The highest BCUT2D eigenvalue weighted by atomic mass is 32.2. The van der Waals surface area contributed by atoms with E-state index in [1.54, 1.807) is 0 Å². The van der Waals surface area contributed by atoms with Gasteiger partial charge in [0.15, 0.2) is 0 Å². The molecule has 0 aromatic heterocycles. The van der Waals surface area contributed by atoms with Crippen molar-refractivity contribution < 1.29 is 8.95 Å². The van der Waals surface area contributed by atoms with Crippen LogP contribution in [-0.4, -0.2) is 27.5 Å². The quantitative estimate of drug-likeness (QED) is 0.853. The van der Waals surface area contributed by atoms with Crippen molar-refractivity contribution in [1.82, 2.24) is 0 Å². The first-order valence-electron chi connectivity index (χ1n) is 7.32. The van der Waals surface area contributed by atoms with Crippen LogP contribution in [0.25, 0.3) is 0 Å². The first kappa shape index (κ1) is 16.2. The molecule has 3 nitrogen and oxygen atoms in total. The van der Waals surface area contributed by atoms with Crippen molar-refractivity contribution in [3.63, 3.8) is 0 Å². The molecule has 1 unspecified atom stereocenters. The number of hydrogen-bond acceptors (Lipinski definition) is 3. The second-order valence-corrected chi connectivity index (χ2v) is 9.25. The van der Waals surface area contributed by atoms with Crippen LogP contribution in [-0.2, 0) is 15.5 Å². The molecule has 0 radical (unpaired) electrons. The van der Waals surface area contributed by atoms with Crippen LogP contribution in [0.5, 0.6) is 0 Å². The maximum atomic E-state index is 12.9. The summed E-state index contributed by atoms with van der Waals surface area (Å²) in [5.74, 6) is 0.612. The molecule has 0 bridgehead atoms. The van der Waals surface area contributed by atoms with Gasteiger partial charge in [-0.05, 0) is 38.3 Å². The zero-order valence-corrected chi connectivity index (χ0v) is 14.6. The van der Waals surface area contributed by atoms with Crippen molar-refractivity contribution in [2.75, 3.05) is 6.61 Å². The molecular weight excluding hydrogens is 282 g/mol. The molecule has 0 spiro atoms. The van der Waals surface area contributed by atoms with Crippen molar-refractivity contribution in [3.05, 3.63) is 29.8 Å². The van der Waals surface area contributed by atoms with E-state index in [4.69, 9.17) is 9.73 Å². The van der Waals surface area contributed by atoms with Gasteiger partial charge in [-0.3, -0.25) is 4.21 Å². The van der Waals surface area contributed by atoms with Gasteiger partial charge in [0.2, 0.25) is 5.90 Å². The number of rotatable bonds is 3. The average molecular weight is 307 g/mol. The Labute approximate surface area is 130 Å². The summed E-state index contributed by atoms with van der Waals surface area (Å²) in [7, 11) is -1.19. The Kier molecular flexibility index (Phi) is 4.29. The van der Waals surface area contributed by atoms with Gasteiger partial charge in [0.1, 0.15) is 11.4 Å². The minimum Gasteiger partial charge on any atom is -0.478 e. The fourth-order valence-electron chi connectivity index (χ4n) is 2.18. The van der Waals surface area contributed by atoms with Crippen LogP contribution >= 0.6 is 0 Å². The fourth-order valence-corrected chi connectivity index (χ4v) is 3.43. The first-order chi connectivity index (χ1) is 9.62. The van der Waals surface area contributed by atoms with Crippen LogP contribution in [0.2, 0.25) is 0 Å². The summed E-state index contributed by atoms with van der Waals surface area (Å²) >= 11 is 0. The van der Waals surface area contributed by atoms with Crippen molar-refractivity contribution in [1.29, 1.82) is 0 Å². The van der Waals surface area contributed by atoms with E-state index in [0.29, 0.717) is 12.5 Å². The van der Waals surface area contributed by atoms with Crippen LogP contribution in [0.15, 0.2) is 34.2 Å². The average Bonchev–Trinajstić information content (AvgIpc) is 2.89. The molecule has 1 aliphatic rings. The SMILES string of the molecule is Cc1ccc(S(=O)C(C)(C)C2=N[C@@H](C(C)(C)C)CO2)cc1. The Morgan fingerprint density at radius 3 is 2.19 bits per heavy atom. The highest BCUT2D eigenvalue weighted by molar-refractivity contribution is 7.87. The predicted octanol–water partition coefficient (Wildman–Crippen LogP) is 3.72. The minimum atomic E-state index is -1.19. The van der Waals surface area contributed by atoms with Crippen molar-refractivity contribution in [3.8, 4) is 0 Å². The van der Waals surface area contributed by atoms with Gasteiger partial charge < -0.3 is 4.74 Å². The van der Waals surface area contributed by atoms with Gasteiger partial charge in [0.25, 0.3) is 0 Å². The molecule has 0 saturated heterocycles. The van der Waals surface area contributed by atoms with E-state index in [1.165, 1.54) is 0 Å². The molecule has 0 amide bonds. The standard InChI is InChI=1S/C17H25NO2S/c1-12-7-9-13(10-8-12)21(19)17(5,6)15-18-14(11-20-15)16(2,3)4/h7-10,14H,11H2,1-6H3/t14-,21?/m1/s1. The Balaban J connectivity index is 2.26. The van der Waals surface area contributed by atoms with Gasteiger partial charge in [-0.1, -0.05) is 38.5 Å². The summed E-state index contributed by atoms with van der Waals surface area (Å²) in [5.41, 5.74) is 1.22. The maximum absolute atomic E-state index is 12.9. The van der Waals surface area contributed by atoms with Gasteiger partial charge in [0, 0.05) is 4.90 Å². The summed E-state index contributed by atoms with van der Waals surface area (Å²) in [6.07, 6.45) is 0. The summed E-state index contributed by atoms with van der Waals surface area (Å²) in [4.78, 5) is 5.51. The minimum absolute atomic E-state index is 0.0587. The molecule has 1 heterocycles. The van der Waals surface area contributed by atoms with Crippen LogP contribution < -0.4 is 0 Å². The Morgan fingerprint density at radius 1 is 1.14 bits per heavy atom. The monoisotopic (exact) mass is 307 g/mol. The lowest BCUT2D eigenvalue weighted by Gasteiger charge is -2.23. The van der Waals surface area contributed by atoms with Crippen molar-refractivity contribution in [2.24, 2.45) is 10.4 Å². The molecule has 2 rings (SSSR count). The van der Waals surface area contributed by atoms with E-state index >= 15 is 0 Å². The van der Waals surface area contributed by atoms with Crippen LogP contribution in [0, 0.1) is 12.3 Å². The molecule has 0 saturated carbocycles. The van der Waals surface area contributed by atoms with E-state index < -0.39 is 15.5 Å². The molecule has 0 aliphatic carbocycles. The van der Waals surface area contributed by atoms with Crippen LogP contribution in [0.4, 0.5) is 0 Å². The van der Waals surface area contributed by atoms with Gasteiger partial charge in [-0.25, -0.2) is 4.99 Å². The van der Waals surface area contributed by atoms with Gasteiger partial charge in [-0.15, -0.1) is 0 Å². The Morgan fingerprint density at radius 2 is 1.71 bits per heavy atom. The molecule has 1 aromatic carbocycles. The molecule has 0 N–H and O–H groups in total. The van der Waals surface area contributed by atoms with Gasteiger partial charge in [-0.2, -0.15) is 0 Å². The largest absolute Gasteiger partial charge is 0.478 e. The number of nitrogens with zero attached hydrogens (tertiary/aromatic N) is 1. The first-order valence-corrected chi connectivity index (χ1v) is 8.47. The normalized spacial score (nSPS) is 20.9. The Bertz CT molecular complexity index is 567.